The van der Waals surface area contributed by atoms with Crippen molar-refractivity contribution < 1.29 is 18.4 Å². The first-order valence-electron chi connectivity index (χ1n) is 4.68. The number of carbonyl (C=O) groups is 2. The van der Waals surface area contributed by atoms with Gasteiger partial charge in [0.05, 0.1) is 6.04 Å². The van der Waals surface area contributed by atoms with E-state index in [9.17, 15) is 18.4 Å². The summed E-state index contributed by atoms with van der Waals surface area (Å²) in [6.07, 6.45) is 0. The molecule has 0 saturated heterocycles. The molecule has 1 amide bonds. The maximum absolute atomic E-state index is 13.3. The van der Waals surface area contributed by atoms with Crippen molar-refractivity contribution in [3.63, 3.8) is 0 Å². The maximum atomic E-state index is 13.3. The van der Waals surface area contributed by atoms with Gasteiger partial charge in [0.15, 0.2) is 0 Å². The van der Waals surface area contributed by atoms with Crippen LogP contribution in [0.15, 0.2) is 18.2 Å². The number of amides is 1. The van der Waals surface area contributed by atoms with E-state index in [0.29, 0.717) is 0 Å². The van der Waals surface area contributed by atoms with Gasteiger partial charge in [0.1, 0.15) is 11.6 Å². The van der Waals surface area contributed by atoms with Crippen molar-refractivity contribution in [2.45, 2.75) is 19.9 Å². The molecular weight excluding hydrogens is 216 g/mol. The van der Waals surface area contributed by atoms with Crippen LogP contribution in [0, 0.1) is 11.6 Å². The largest absolute Gasteiger partial charge is 0.343 e. The molecule has 16 heavy (non-hydrogen) atoms. The molecule has 1 unspecified atom stereocenters. The summed E-state index contributed by atoms with van der Waals surface area (Å²) >= 11 is 0. The highest BCUT2D eigenvalue weighted by molar-refractivity contribution is 6.35. The molecule has 0 spiro atoms. The van der Waals surface area contributed by atoms with Gasteiger partial charge in [-0.05, 0) is 13.0 Å². The smallest absolute Gasteiger partial charge is 0.287 e. The van der Waals surface area contributed by atoms with Gasteiger partial charge in [0.2, 0.25) is 5.78 Å². The third kappa shape index (κ3) is 2.85. The van der Waals surface area contributed by atoms with Crippen LogP contribution in [0.3, 0.4) is 0 Å². The van der Waals surface area contributed by atoms with E-state index in [-0.39, 0.29) is 5.56 Å². The Morgan fingerprint density at radius 1 is 1.31 bits per heavy atom. The number of carbonyl (C=O) groups excluding carboxylic acids is 2. The lowest BCUT2D eigenvalue weighted by Gasteiger charge is -2.13. The Morgan fingerprint density at radius 2 is 1.94 bits per heavy atom. The number of benzene rings is 1. The van der Waals surface area contributed by atoms with E-state index in [1.807, 2.05) is 0 Å². The van der Waals surface area contributed by atoms with Gasteiger partial charge in [-0.15, -0.1) is 0 Å². The van der Waals surface area contributed by atoms with Crippen LogP contribution in [-0.2, 0) is 9.59 Å². The number of nitrogens with one attached hydrogen (secondary N) is 1. The van der Waals surface area contributed by atoms with E-state index in [1.54, 1.807) is 0 Å². The topological polar surface area (TPSA) is 46.2 Å². The van der Waals surface area contributed by atoms with E-state index in [0.717, 1.165) is 19.1 Å². The van der Waals surface area contributed by atoms with E-state index in [2.05, 4.69) is 5.32 Å². The molecule has 0 bridgehead atoms. The third-order valence-electron chi connectivity index (χ3n) is 2.10. The van der Waals surface area contributed by atoms with Crippen LogP contribution in [0.25, 0.3) is 0 Å². The molecule has 86 valence electrons. The molecule has 1 aromatic carbocycles. The summed E-state index contributed by atoms with van der Waals surface area (Å²) in [6, 6.07) is 2.37. The molecule has 0 saturated carbocycles. The van der Waals surface area contributed by atoms with Gasteiger partial charge < -0.3 is 5.32 Å². The average molecular weight is 227 g/mol. The van der Waals surface area contributed by atoms with Gasteiger partial charge >= 0.3 is 0 Å². The highest BCUT2D eigenvalue weighted by Crippen LogP contribution is 2.17. The van der Waals surface area contributed by atoms with Crippen molar-refractivity contribution in [2.75, 3.05) is 0 Å². The van der Waals surface area contributed by atoms with Crippen molar-refractivity contribution in [1.82, 2.24) is 5.32 Å². The Bertz CT molecular complexity index is 432. The summed E-state index contributed by atoms with van der Waals surface area (Å²) in [4.78, 5) is 21.7. The van der Waals surface area contributed by atoms with Crippen molar-refractivity contribution in [1.29, 1.82) is 0 Å². The second-order valence-corrected chi connectivity index (χ2v) is 3.42. The van der Waals surface area contributed by atoms with Crippen LogP contribution in [-0.4, -0.2) is 11.7 Å². The fourth-order valence-corrected chi connectivity index (χ4v) is 1.23. The van der Waals surface area contributed by atoms with Crippen LogP contribution >= 0.6 is 0 Å². The van der Waals surface area contributed by atoms with Crippen LogP contribution in [0.5, 0.6) is 0 Å². The molecule has 0 heterocycles. The zero-order valence-corrected chi connectivity index (χ0v) is 8.88. The van der Waals surface area contributed by atoms with E-state index >= 15 is 0 Å². The first-order chi connectivity index (χ1) is 7.41. The molecule has 0 radical (unpaired) electrons. The molecule has 1 aromatic rings. The summed E-state index contributed by atoms with van der Waals surface area (Å²) in [7, 11) is 0. The van der Waals surface area contributed by atoms with Gasteiger partial charge in [0.25, 0.3) is 5.91 Å². The standard InChI is InChI=1S/C11H11F2NO2/c1-6(14-11(16)7(2)15)9-4-3-8(12)5-10(9)13/h3-6H,1-2H3,(H,14,16). The van der Waals surface area contributed by atoms with Crippen LogP contribution in [0.2, 0.25) is 0 Å². The fraction of sp³-hybridized carbons (Fsp3) is 0.273. The van der Waals surface area contributed by atoms with Crippen molar-refractivity contribution in [3.8, 4) is 0 Å². The first-order valence-corrected chi connectivity index (χ1v) is 4.68. The number of hydrogen-bond acceptors (Lipinski definition) is 2. The van der Waals surface area contributed by atoms with Crippen molar-refractivity contribution >= 4 is 11.7 Å². The lowest BCUT2D eigenvalue weighted by atomic mass is 10.1. The Morgan fingerprint density at radius 3 is 2.44 bits per heavy atom. The Labute approximate surface area is 91.5 Å². The molecule has 5 heteroatoms. The molecule has 0 aliphatic heterocycles. The van der Waals surface area contributed by atoms with E-state index < -0.39 is 29.4 Å². The monoisotopic (exact) mass is 227 g/mol. The van der Waals surface area contributed by atoms with Crippen molar-refractivity contribution in [3.05, 3.63) is 35.4 Å². The van der Waals surface area contributed by atoms with Crippen LogP contribution in [0.1, 0.15) is 25.5 Å². The normalized spacial score (nSPS) is 12.0. The lowest BCUT2D eigenvalue weighted by Crippen LogP contribution is -2.32. The summed E-state index contributed by atoms with van der Waals surface area (Å²) in [5.74, 6) is -2.90. The zero-order chi connectivity index (χ0) is 12.3. The third-order valence-corrected chi connectivity index (χ3v) is 2.10. The quantitative estimate of drug-likeness (QED) is 0.799. The number of rotatable bonds is 3. The Balaban J connectivity index is 2.84. The minimum absolute atomic E-state index is 0.135. The minimum Gasteiger partial charge on any atom is -0.343 e. The minimum atomic E-state index is -0.795. The number of hydrogen-bond donors (Lipinski definition) is 1. The molecule has 1 atom stereocenters. The van der Waals surface area contributed by atoms with Gasteiger partial charge in [-0.1, -0.05) is 6.07 Å². The fourth-order valence-electron chi connectivity index (χ4n) is 1.23. The van der Waals surface area contributed by atoms with Crippen LogP contribution < -0.4 is 5.32 Å². The predicted octanol–water partition coefficient (Wildman–Crippen LogP) is 1.73. The van der Waals surface area contributed by atoms with Crippen LogP contribution in [0.4, 0.5) is 8.78 Å². The number of halogens is 2. The molecule has 0 aliphatic carbocycles. The van der Waals surface area contributed by atoms with Gasteiger partial charge in [-0.25, -0.2) is 8.78 Å². The summed E-state index contributed by atoms with van der Waals surface area (Å²) in [5, 5.41) is 2.30. The Hall–Kier alpha value is -1.78. The van der Waals surface area contributed by atoms with Crippen molar-refractivity contribution in [2.24, 2.45) is 0 Å². The first kappa shape index (κ1) is 12.3. The van der Waals surface area contributed by atoms with Gasteiger partial charge in [-0.2, -0.15) is 0 Å². The maximum Gasteiger partial charge on any atom is 0.287 e. The SMILES string of the molecule is CC(=O)C(=O)NC(C)c1ccc(F)cc1F. The molecule has 0 aliphatic rings. The van der Waals surface area contributed by atoms with Gasteiger partial charge in [0, 0.05) is 18.6 Å². The molecule has 0 fully saturated rings. The Kier molecular flexibility index (Phi) is 3.71. The summed E-state index contributed by atoms with van der Waals surface area (Å²) in [6.45, 7) is 2.63. The second kappa shape index (κ2) is 4.83. The predicted molar refractivity (Wildman–Crippen MR) is 53.6 cm³/mol. The number of Topliss-reactive ketones (excluding diaryl/α,β-unsaturated/α-hetero) is 1. The lowest BCUT2D eigenvalue weighted by molar-refractivity contribution is -0.137. The molecule has 1 N–H and O–H groups in total. The van der Waals surface area contributed by atoms with E-state index in [1.165, 1.54) is 13.0 Å². The van der Waals surface area contributed by atoms with Gasteiger partial charge in [-0.3, -0.25) is 9.59 Å². The number of ketones is 1. The summed E-state index contributed by atoms with van der Waals surface area (Å²) < 4.78 is 25.9. The molecule has 3 nitrogen and oxygen atoms in total. The molecular formula is C11H11F2NO2. The average Bonchev–Trinajstić information content (AvgIpc) is 2.16. The second-order valence-electron chi connectivity index (χ2n) is 3.42. The van der Waals surface area contributed by atoms with E-state index in [4.69, 9.17) is 0 Å². The molecule has 0 aromatic heterocycles. The molecule has 1 rings (SSSR count). The zero-order valence-electron chi connectivity index (χ0n) is 8.88. The highest BCUT2D eigenvalue weighted by atomic mass is 19.1. The highest BCUT2D eigenvalue weighted by Gasteiger charge is 2.16. The summed E-state index contributed by atoms with van der Waals surface area (Å²) in [5.41, 5.74) is 0.135.